The maximum atomic E-state index is 13.8. The molecule has 2 heterocycles. The highest BCUT2D eigenvalue weighted by Gasteiger charge is 2.18. The topological polar surface area (TPSA) is 41.4 Å². The van der Waals surface area contributed by atoms with Gasteiger partial charge in [-0.1, -0.05) is 23.7 Å². The summed E-state index contributed by atoms with van der Waals surface area (Å²) in [5.41, 5.74) is 3.80. The quantitative estimate of drug-likeness (QED) is 0.564. The zero-order chi connectivity index (χ0) is 22.7. The van der Waals surface area contributed by atoms with E-state index in [4.69, 9.17) is 11.6 Å². The van der Waals surface area contributed by atoms with Gasteiger partial charge < -0.3 is 4.90 Å². The van der Waals surface area contributed by atoms with E-state index >= 15 is 0 Å². The Morgan fingerprint density at radius 3 is 2.44 bits per heavy atom. The highest BCUT2D eigenvalue weighted by Crippen LogP contribution is 2.21. The molecule has 0 saturated carbocycles. The third-order valence-electron chi connectivity index (χ3n) is 6.02. The summed E-state index contributed by atoms with van der Waals surface area (Å²) in [6.45, 7) is 6.61. The van der Waals surface area contributed by atoms with E-state index in [0.717, 1.165) is 42.9 Å². The monoisotopic (exact) mass is 454 g/mol. The Bertz CT molecular complexity index is 1140. The highest BCUT2D eigenvalue weighted by atomic mass is 35.5. The van der Waals surface area contributed by atoms with Gasteiger partial charge >= 0.3 is 0 Å². The summed E-state index contributed by atoms with van der Waals surface area (Å²) >= 11 is 5.99. The van der Waals surface area contributed by atoms with Crippen LogP contribution in [0.25, 0.3) is 11.3 Å². The molecule has 0 spiro atoms. The van der Waals surface area contributed by atoms with Gasteiger partial charge in [0, 0.05) is 55.4 Å². The third-order valence-corrected chi connectivity index (χ3v) is 6.27. The standard InChI is InChI=1S/C25H28ClFN4O/c1-18-15-20(5-8-23(18)27)24-16-21(17-30-13-11-29(2)12-14-30)25(32)31(28-24)10-9-19-3-6-22(26)7-4-19/h3-8,15-16H,9-14,17H2,1-2H3. The fourth-order valence-electron chi connectivity index (χ4n) is 3.94. The second kappa shape index (κ2) is 9.94. The average molecular weight is 455 g/mol. The van der Waals surface area contributed by atoms with Gasteiger partial charge in [-0.25, -0.2) is 9.07 Å². The van der Waals surface area contributed by atoms with Crippen LogP contribution in [-0.4, -0.2) is 52.8 Å². The molecule has 32 heavy (non-hydrogen) atoms. The molecule has 0 radical (unpaired) electrons. The molecule has 1 aromatic heterocycles. The summed E-state index contributed by atoms with van der Waals surface area (Å²) in [4.78, 5) is 17.9. The first kappa shape index (κ1) is 22.6. The van der Waals surface area contributed by atoms with E-state index in [0.29, 0.717) is 35.8 Å². The van der Waals surface area contributed by atoms with Crippen LogP contribution in [0.1, 0.15) is 16.7 Å². The van der Waals surface area contributed by atoms with E-state index in [-0.39, 0.29) is 11.4 Å². The fraction of sp³-hybridized carbons (Fsp3) is 0.360. The minimum Gasteiger partial charge on any atom is -0.304 e. The number of likely N-dealkylation sites (N-methyl/N-ethyl adjacent to an activating group) is 1. The lowest BCUT2D eigenvalue weighted by atomic mass is 10.1. The molecule has 1 aliphatic rings. The van der Waals surface area contributed by atoms with E-state index in [2.05, 4.69) is 21.9 Å². The van der Waals surface area contributed by atoms with Crippen LogP contribution >= 0.6 is 11.6 Å². The molecule has 4 rings (SSSR count). The van der Waals surface area contributed by atoms with Crippen molar-refractivity contribution in [2.75, 3.05) is 33.2 Å². The zero-order valence-corrected chi connectivity index (χ0v) is 19.3. The van der Waals surface area contributed by atoms with Crippen molar-refractivity contribution in [3.8, 4) is 11.3 Å². The Morgan fingerprint density at radius 1 is 1.03 bits per heavy atom. The molecule has 0 aliphatic carbocycles. The van der Waals surface area contributed by atoms with Crippen LogP contribution in [0.4, 0.5) is 4.39 Å². The number of benzene rings is 2. The lowest BCUT2D eigenvalue weighted by Gasteiger charge is -2.32. The molecule has 1 saturated heterocycles. The first-order chi connectivity index (χ1) is 15.4. The van der Waals surface area contributed by atoms with Crippen LogP contribution < -0.4 is 5.56 Å². The van der Waals surface area contributed by atoms with Gasteiger partial charge in [-0.15, -0.1) is 0 Å². The molecule has 5 nitrogen and oxygen atoms in total. The number of halogens is 2. The molecule has 0 atom stereocenters. The number of aryl methyl sites for hydroxylation is 3. The Kier molecular flexibility index (Phi) is 7.04. The summed E-state index contributed by atoms with van der Waals surface area (Å²) in [7, 11) is 2.11. The second-order valence-electron chi connectivity index (χ2n) is 8.50. The van der Waals surface area contributed by atoms with Crippen molar-refractivity contribution in [1.29, 1.82) is 0 Å². The van der Waals surface area contributed by atoms with Crippen LogP contribution in [0.5, 0.6) is 0 Å². The van der Waals surface area contributed by atoms with Crippen LogP contribution in [0.2, 0.25) is 5.02 Å². The maximum Gasteiger partial charge on any atom is 0.271 e. The van der Waals surface area contributed by atoms with Crippen LogP contribution in [0.15, 0.2) is 53.3 Å². The van der Waals surface area contributed by atoms with Crippen LogP contribution in [0.3, 0.4) is 0 Å². The lowest BCUT2D eigenvalue weighted by Crippen LogP contribution is -2.45. The summed E-state index contributed by atoms with van der Waals surface area (Å²) in [5.74, 6) is -0.248. The number of aromatic nitrogens is 2. The molecular formula is C25H28ClFN4O. The summed E-state index contributed by atoms with van der Waals surface area (Å²) in [5, 5.41) is 5.33. The first-order valence-electron chi connectivity index (χ1n) is 10.9. The van der Waals surface area contributed by atoms with Gasteiger partial charge in [-0.2, -0.15) is 5.10 Å². The number of hydrogen-bond donors (Lipinski definition) is 0. The molecule has 7 heteroatoms. The van der Waals surface area contributed by atoms with Crippen molar-refractivity contribution in [2.24, 2.45) is 0 Å². The van der Waals surface area contributed by atoms with Crippen molar-refractivity contribution in [1.82, 2.24) is 19.6 Å². The molecule has 168 valence electrons. The molecule has 3 aromatic rings. The average Bonchev–Trinajstić information content (AvgIpc) is 2.79. The molecule has 1 fully saturated rings. The molecule has 0 unspecified atom stereocenters. The molecule has 0 amide bonds. The largest absolute Gasteiger partial charge is 0.304 e. The third kappa shape index (κ3) is 5.44. The number of piperazine rings is 1. The first-order valence-corrected chi connectivity index (χ1v) is 11.3. The van der Waals surface area contributed by atoms with Crippen molar-refractivity contribution in [2.45, 2.75) is 26.4 Å². The van der Waals surface area contributed by atoms with Gasteiger partial charge in [0.1, 0.15) is 5.82 Å². The van der Waals surface area contributed by atoms with Crippen LogP contribution in [0, 0.1) is 12.7 Å². The molecular weight excluding hydrogens is 427 g/mol. The van der Waals surface area contributed by atoms with Gasteiger partial charge in [0.05, 0.1) is 5.69 Å². The molecule has 1 aliphatic heterocycles. The van der Waals surface area contributed by atoms with E-state index in [1.165, 1.54) is 6.07 Å². The zero-order valence-electron chi connectivity index (χ0n) is 18.5. The Morgan fingerprint density at radius 2 is 1.75 bits per heavy atom. The summed E-state index contributed by atoms with van der Waals surface area (Å²) in [6, 6.07) is 14.5. The molecule has 0 bridgehead atoms. The number of rotatable bonds is 6. The lowest BCUT2D eigenvalue weighted by molar-refractivity contribution is 0.147. The predicted octanol–water partition coefficient (Wildman–Crippen LogP) is 4.00. The van der Waals surface area contributed by atoms with Crippen molar-refractivity contribution in [3.63, 3.8) is 0 Å². The molecule has 2 aromatic carbocycles. The van der Waals surface area contributed by atoms with Crippen LogP contribution in [-0.2, 0) is 19.5 Å². The highest BCUT2D eigenvalue weighted by molar-refractivity contribution is 6.30. The minimum atomic E-state index is -0.248. The minimum absolute atomic E-state index is 0.0690. The van der Waals surface area contributed by atoms with Crippen molar-refractivity contribution < 1.29 is 4.39 Å². The fourth-order valence-corrected chi connectivity index (χ4v) is 4.07. The van der Waals surface area contributed by atoms with E-state index in [1.807, 2.05) is 30.3 Å². The van der Waals surface area contributed by atoms with Crippen molar-refractivity contribution in [3.05, 3.63) is 86.4 Å². The van der Waals surface area contributed by atoms with Gasteiger partial charge in [-0.3, -0.25) is 9.69 Å². The van der Waals surface area contributed by atoms with E-state index < -0.39 is 0 Å². The Balaban J connectivity index is 1.65. The Hall–Kier alpha value is -2.54. The van der Waals surface area contributed by atoms with Gasteiger partial charge in [0.25, 0.3) is 5.56 Å². The Labute approximate surface area is 193 Å². The van der Waals surface area contributed by atoms with Gasteiger partial charge in [0.2, 0.25) is 0 Å². The molecule has 0 N–H and O–H groups in total. The second-order valence-corrected chi connectivity index (χ2v) is 8.94. The predicted molar refractivity (Wildman–Crippen MR) is 127 cm³/mol. The summed E-state index contributed by atoms with van der Waals surface area (Å²) < 4.78 is 15.4. The van der Waals surface area contributed by atoms with Gasteiger partial charge in [0.15, 0.2) is 0 Å². The number of nitrogens with zero attached hydrogens (tertiary/aromatic N) is 4. The number of hydrogen-bond acceptors (Lipinski definition) is 4. The summed E-state index contributed by atoms with van der Waals surface area (Å²) in [6.07, 6.45) is 0.671. The normalized spacial score (nSPS) is 15.2. The van der Waals surface area contributed by atoms with Crippen molar-refractivity contribution >= 4 is 11.6 Å². The smallest absolute Gasteiger partial charge is 0.271 e. The maximum absolute atomic E-state index is 13.8. The van der Waals surface area contributed by atoms with E-state index in [9.17, 15) is 9.18 Å². The van der Waals surface area contributed by atoms with E-state index in [1.54, 1.807) is 23.7 Å². The SMILES string of the molecule is Cc1cc(-c2cc(CN3CCN(C)CC3)c(=O)n(CCc3ccc(Cl)cc3)n2)ccc1F. The van der Waals surface area contributed by atoms with Gasteiger partial charge in [-0.05, 0) is 67.9 Å².